The van der Waals surface area contributed by atoms with Crippen LogP contribution in [0.2, 0.25) is 0 Å². The number of fused-ring (bicyclic) bond motifs is 3. The summed E-state index contributed by atoms with van der Waals surface area (Å²) in [6.45, 7) is 3.90. The van der Waals surface area contributed by atoms with Crippen LogP contribution in [0.15, 0.2) is 42.5 Å². The number of aromatic nitrogens is 1. The third kappa shape index (κ3) is 2.01. The molecule has 1 aromatic heterocycles. The van der Waals surface area contributed by atoms with Crippen molar-refractivity contribution in [2.75, 3.05) is 0 Å². The fourth-order valence-corrected chi connectivity index (χ4v) is 2.24. The Morgan fingerprint density at radius 3 is 2.47 bits per heavy atom. The van der Waals surface area contributed by atoms with Gasteiger partial charge in [0.05, 0.1) is 11.6 Å². The van der Waals surface area contributed by atoms with E-state index in [2.05, 4.69) is 4.98 Å². The van der Waals surface area contributed by atoms with Crippen LogP contribution in [0.1, 0.15) is 13.8 Å². The molecular formula is C16H14FNO. The van der Waals surface area contributed by atoms with Crippen LogP contribution in [0.3, 0.4) is 0 Å². The minimum atomic E-state index is -0.253. The van der Waals surface area contributed by atoms with Gasteiger partial charge < -0.3 is 4.74 Å². The van der Waals surface area contributed by atoms with Crippen LogP contribution >= 0.6 is 0 Å². The molecule has 2 nitrogen and oxygen atoms in total. The fourth-order valence-electron chi connectivity index (χ4n) is 2.24. The summed E-state index contributed by atoms with van der Waals surface area (Å²) in [6.07, 6.45) is 0.0296. The van der Waals surface area contributed by atoms with Crippen LogP contribution in [-0.4, -0.2) is 11.1 Å². The average molecular weight is 255 g/mol. The second-order valence-corrected chi connectivity index (χ2v) is 4.76. The highest BCUT2D eigenvalue weighted by Crippen LogP contribution is 2.32. The van der Waals surface area contributed by atoms with E-state index in [0.29, 0.717) is 16.8 Å². The Balaban J connectivity index is 2.43. The van der Waals surface area contributed by atoms with Gasteiger partial charge in [-0.15, -0.1) is 0 Å². The van der Waals surface area contributed by atoms with Crippen molar-refractivity contribution in [2.24, 2.45) is 0 Å². The van der Waals surface area contributed by atoms with E-state index in [9.17, 15) is 4.39 Å². The monoisotopic (exact) mass is 255 g/mol. The molecule has 0 aliphatic rings. The first-order valence-corrected chi connectivity index (χ1v) is 6.30. The van der Waals surface area contributed by atoms with Crippen LogP contribution in [-0.2, 0) is 0 Å². The summed E-state index contributed by atoms with van der Waals surface area (Å²) in [7, 11) is 0. The van der Waals surface area contributed by atoms with Crippen molar-refractivity contribution in [1.82, 2.24) is 4.98 Å². The second kappa shape index (κ2) is 4.50. The highest BCUT2D eigenvalue weighted by atomic mass is 19.1. The predicted octanol–water partition coefficient (Wildman–Crippen LogP) is 4.31. The van der Waals surface area contributed by atoms with Gasteiger partial charge in [-0.05, 0) is 37.4 Å². The molecule has 0 saturated heterocycles. The molecule has 3 heteroatoms. The predicted molar refractivity (Wildman–Crippen MR) is 75.0 cm³/mol. The molecule has 0 aliphatic heterocycles. The molecule has 0 fully saturated rings. The van der Waals surface area contributed by atoms with E-state index < -0.39 is 0 Å². The van der Waals surface area contributed by atoms with Crippen molar-refractivity contribution >= 4 is 21.7 Å². The Labute approximate surface area is 110 Å². The number of rotatable bonds is 2. The Morgan fingerprint density at radius 1 is 1.00 bits per heavy atom. The van der Waals surface area contributed by atoms with E-state index in [1.807, 2.05) is 38.1 Å². The molecule has 19 heavy (non-hydrogen) atoms. The summed E-state index contributed by atoms with van der Waals surface area (Å²) in [5.74, 6) is 0.306. The quantitative estimate of drug-likeness (QED) is 0.636. The number of pyridine rings is 1. The average Bonchev–Trinajstić information content (AvgIpc) is 2.38. The molecule has 2 aromatic carbocycles. The van der Waals surface area contributed by atoms with E-state index in [0.717, 1.165) is 10.8 Å². The third-order valence-electron chi connectivity index (χ3n) is 2.99. The SMILES string of the molecule is CC(C)Oc1nc2cccc(F)c2c2ccccc12. The lowest BCUT2D eigenvalue weighted by Crippen LogP contribution is -2.07. The van der Waals surface area contributed by atoms with E-state index >= 15 is 0 Å². The highest BCUT2D eigenvalue weighted by molar-refractivity contribution is 6.07. The van der Waals surface area contributed by atoms with Gasteiger partial charge in [0, 0.05) is 10.8 Å². The van der Waals surface area contributed by atoms with Gasteiger partial charge in [0.15, 0.2) is 0 Å². The first-order valence-electron chi connectivity index (χ1n) is 6.30. The van der Waals surface area contributed by atoms with Gasteiger partial charge >= 0.3 is 0 Å². The van der Waals surface area contributed by atoms with E-state index in [1.54, 1.807) is 12.1 Å². The number of nitrogens with zero attached hydrogens (tertiary/aromatic N) is 1. The van der Waals surface area contributed by atoms with Gasteiger partial charge in [-0.3, -0.25) is 0 Å². The lowest BCUT2D eigenvalue weighted by molar-refractivity contribution is 0.237. The number of benzene rings is 2. The molecule has 0 aliphatic carbocycles. The zero-order valence-corrected chi connectivity index (χ0v) is 10.9. The molecule has 0 N–H and O–H groups in total. The van der Waals surface area contributed by atoms with Crippen LogP contribution in [0, 0.1) is 5.82 Å². The maximum Gasteiger partial charge on any atom is 0.222 e. The number of ether oxygens (including phenoxy) is 1. The number of halogens is 1. The molecule has 0 bridgehead atoms. The molecular weight excluding hydrogens is 241 g/mol. The van der Waals surface area contributed by atoms with Crippen molar-refractivity contribution in [2.45, 2.75) is 20.0 Å². The van der Waals surface area contributed by atoms with Crippen molar-refractivity contribution in [3.63, 3.8) is 0 Å². The van der Waals surface area contributed by atoms with Crippen LogP contribution < -0.4 is 4.74 Å². The molecule has 0 unspecified atom stereocenters. The van der Waals surface area contributed by atoms with Crippen LogP contribution in [0.5, 0.6) is 5.88 Å². The normalized spacial score (nSPS) is 11.4. The van der Waals surface area contributed by atoms with Gasteiger partial charge in [0.25, 0.3) is 0 Å². The first-order chi connectivity index (χ1) is 9.16. The lowest BCUT2D eigenvalue weighted by atomic mass is 10.1. The summed E-state index contributed by atoms with van der Waals surface area (Å²) in [5, 5.41) is 2.23. The van der Waals surface area contributed by atoms with Gasteiger partial charge in [0.2, 0.25) is 5.88 Å². The Bertz CT molecular complexity index is 752. The summed E-state index contributed by atoms with van der Waals surface area (Å²) in [5.41, 5.74) is 0.620. The Hall–Kier alpha value is -2.16. The summed E-state index contributed by atoms with van der Waals surface area (Å²) in [4.78, 5) is 4.44. The van der Waals surface area contributed by atoms with Gasteiger partial charge in [0.1, 0.15) is 5.82 Å². The minimum absolute atomic E-state index is 0.0296. The summed E-state index contributed by atoms with van der Waals surface area (Å²) >= 11 is 0. The molecule has 96 valence electrons. The lowest BCUT2D eigenvalue weighted by Gasteiger charge is -2.13. The number of hydrogen-bond donors (Lipinski definition) is 0. The molecule has 0 saturated carbocycles. The molecule has 3 rings (SSSR count). The van der Waals surface area contributed by atoms with Crippen molar-refractivity contribution in [3.8, 4) is 5.88 Å². The maximum absolute atomic E-state index is 14.0. The van der Waals surface area contributed by atoms with Crippen molar-refractivity contribution in [1.29, 1.82) is 0 Å². The highest BCUT2D eigenvalue weighted by Gasteiger charge is 2.12. The Kier molecular flexibility index (Phi) is 2.82. The van der Waals surface area contributed by atoms with Crippen molar-refractivity contribution < 1.29 is 9.13 Å². The fraction of sp³-hybridized carbons (Fsp3) is 0.188. The summed E-state index contributed by atoms with van der Waals surface area (Å²) < 4.78 is 19.8. The number of hydrogen-bond acceptors (Lipinski definition) is 2. The largest absolute Gasteiger partial charge is 0.474 e. The zero-order valence-electron chi connectivity index (χ0n) is 10.9. The van der Waals surface area contributed by atoms with Crippen LogP contribution in [0.4, 0.5) is 4.39 Å². The minimum Gasteiger partial charge on any atom is -0.474 e. The third-order valence-corrected chi connectivity index (χ3v) is 2.99. The second-order valence-electron chi connectivity index (χ2n) is 4.76. The topological polar surface area (TPSA) is 22.1 Å². The zero-order chi connectivity index (χ0) is 13.4. The molecule has 3 aromatic rings. The molecule has 0 amide bonds. The first kappa shape index (κ1) is 11.9. The maximum atomic E-state index is 14.0. The molecule has 0 atom stereocenters. The van der Waals surface area contributed by atoms with E-state index in [-0.39, 0.29) is 11.9 Å². The van der Waals surface area contributed by atoms with Gasteiger partial charge in [-0.1, -0.05) is 24.3 Å². The standard InChI is InChI=1S/C16H14FNO/c1-10(2)19-16-12-7-4-3-6-11(12)15-13(17)8-5-9-14(15)18-16/h3-10H,1-2H3. The summed E-state index contributed by atoms with van der Waals surface area (Å²) in [6, 6.07) is 12.5. The van der Waals surface area contributed by atoms with Gasteiger partial charge in [-0.2, -0.15) is 0 Å². The molecule has 0 radical (unpaired) electrons. The van der Waals surface area contributed by atoms with Crippen LogP contribution in [0.25, 0.3) is 21.7 Å². The molecule has 0 spiro atoms. The Morgan fingerprint density at radius 2 is 1.74 bits per heavy atom. The van der Waals surface area contributed by atoms with Crippen molar-refractivity contribution in [3.05, 3.63) is 48.3 Å². The van der Waals surface area contributed by atoms with E-state index in [1.165, 1.54) is 6.07 Å². The molecule has 1 heterocycles. The van der Waals surface area contributed by atoms with Gasteiger partial charge in [-0.25, -0.2) is 9.37 Å². The van der Waals surface area contributed by atoms with E-state index in [4.69, 9.17) is 4.74 Å². The smallest absolute Gasteiger partial charge is 0.222 e.